The lowest BCUT2D eigenvalue weighted by Crippen LogP contribution is -2.24. The minimum absolute atomic E-state index is 0.00386. The average Bonchev–Trinajstić information content (AvgIpc) is 2.33. The van der Waals surface area contributed by atoms with Gasteiger partial charge in [-0.2, -0.15) is 13.2 Å². The Morgan fingerprint density at radius 1 is 1.21 bits per heavy atom. The molecule has 19 heavy (non-hydrogen) atoms. The quantitative estimate of drug-likeness (QED) is 0.796. The van der Waals surface area contributed by atoms with E-state index in [1.54, 1.807) is 0 Å². The molecule has 0 saturated carbocycles. The van der Waals surface area contributed by atoms with E-state index < -0.39 is 17.6 Å². The van der Waals surface area contributed by atoms with E-state index in [0.717, 1.165) is 25.2 Å². The lowest BCUT2D eigenvalue weighted by Gasteiger charge is -2.21. The molecule has 108 valence electrons. The predicted molar refractivity (Wildman–Crippen MR) is 67.5 cm³/mol. The van der Waals surface area contributed by atoms with Crippen LogP contribution in [0.15, 0.2) is 18.2 Å². The second kappa shape index (κ2) is 6.37. The van der Waals surface area contributed by atoms with Crippen molar-refractivity contribution in [2.45, 2.75) is 32.9 Å². The Balaban J connectivity index is 2.88. The maximum absolute atomic E-state index is 13.5. The summed E-state index contributed by atoms with van der Waals surface area (Å²) in [6, 6.07) is 3.18. The highest BCUT2D eigenvalue weighted by Gasteiger charge is 2.34. The van der Waals surface area contributed by atoms with Crippen molar-refractivity contribution < 1.29 is 17.6 Å². The van der Waals surface area contributed by atoms with Crippen molar-refractivity contribution in [3.8, 4) is 0 Å². The Hall–Kier alpha value is -1.10. The summed E-state index contributed by atoms with van der Waals surface area (Å²) in [6.07, 6.45) is -4.64. The van der Waals surface area contributed by atoms with Gasteiger partial charge in [-0.1, -0.05) is 26.8 Å². The van der Waals surface area contributed by atoms with Gasteiger partial charge in [0.2, 0.25) is 0 Å². The molecule has 1 aromatic rings. The summed E-state index contributed by atoms with van der Waals surface area (Å²) in [4.78, 5) is 0. The molecule has 0 aliphatic heterocycles. The van der Waals surface area contributed by atoms with Gasteiger partial charge in [-0.15, -0.1) is 0 Å². The van der Waals surface area contributed by atoms with Gasteiger partial charge >= 0.3 is 6.18 Å². The molecule has 1 nitrogen and oxygen atoms in total. The number of alkyl halides is 3. The second-order valence-electron chi connectivity index (χ2n) is 4.81. The zero-order chi connectivity index (χ0) is 14.6. The molecule has 0 saturated heterocycles. The maximum Gasteiger partial charge on any atom is 0.419 e. The smallest absolute Gasteiger partial charge is 0.317 e. The largest absolute Gasteiger partial charge is 0.419 e. The zero-order valence-corrected chi connectivity index (χ0v) is 11.3. The Kier molecular flexibility index (Phi) is 5.35. The van der Waals surface area contributed by atoms with Crippen LogP contribution in [0.2, 0.25) is 0 Å². The fourth-order valence-corrected chi connectivity index (χ4v) is 1.92. The van der Waals surface area contributed by atoms with Crippen molar-refractivity contribution in [2.24, 2.45) is 5.92 Å². The molecule has 5 heteroatoms. The molecular weight excluding hydrogens is 258 g/mol. The van der Waals surface area contributed by atoms with E-state index in [-0.39, 0.29) is 11.8 Å². The topological polar surface area (TPSA) is 12.0 Å². The Morgan fingerprint density at radius 2 is 1.84 bits per heavy atom. The van der Waals surface area contributed by atoms with E-state index in [9.17, 15) is 17.6 Å². The molecule has 0 fully saturated rings. The van der Waals surface area contributed by atoms with E-state index in [0.29, 0.717) is 5.56 Å². The van der Waals surface area contributed by atoms with E-state index in [4.69, 9.17) is 0 Å². The summed E-state index contributed by atoms with van der Waals surface area (Å²) in [5, 5.41) is 3.18. The van der Waals surface area contributed by atoms with Crippen molar-refractivity contribution in [3.63, 3.8) is 0 Å². The monoisotopic (exact) mass is 277 g/mol. The van der Waals surface area contributed by atoms with Gasteiger partial charge in [-0.25, -0.2) is 4.39 Å². The van der Waals surface area contributed by atoms with Crippen LogP contribution in [0, 0.1) is 11.7 Å². The van der Waals surface area contributed by atoms with Gasteiger partial charge in [-0.3, -0.25) is 0 Å². The average molecular weight is 277 g/mol. The summed E-state index contributed by atoms with van der Waals surface area (Å²) in [6.45, 7) is 7.45. The molecular formula is C14H19F4N. The molecule has 2 atom stereocenters. The number of hydrogen-bond donors (Lipinski definition) is 1. The van der Waals surface area contributed by atoms with Crippen molar-refractivity contribution in [1.29, 1.82) is 0 Å². The van der Waals surface area contributed by atoms with Gasteiger partial charge in [0.25, 0.3) is 0 Å². The molecule has 0 aliphatic rings. The molecule has 1 rings (SSSR count). The van der Waals surface area contributed by atoms with E-state index in [1.807, 2.05) is 20.8 Å². The lowest BCUT2D eigenvalue weighted by molar-refractivity contribution is -0.140. The summed E-state index contributed by atoms with van der Waals surface area (Å²) in [5.41, 5.74) is -0.612. The van der Waals surface area contributed by atoms with Crippen LogP contribution < -0.4 is 5.32 Å². The molecule has 0 heterocycles. The van der Waals surface area contributed by atoms with Gasteiger partial charge in [0.05, 0.1) is 5.56 Å². The summed E-state index contributed by atoms with van der Waals surface area (Å²) < 4.78 is 50.9. The highest BCUT2D eigenvalue weighted by atomic mass is 19.4. The van der Waals surface area contributed by atoms with Crippen molar-refractivity contribution in [3.05, 3.63) is 35.1 Å². The molecule has 0 aliphatic carbocycles. The van der Waals surface area contributed by atoms with Crippen LogP contribution in [0.3, 0.4) is 0 Å². The summed E-state index contributed by atoms with van der Waals surface area (Å²) in [7, 11) is 0. The molecule has 1 N–H and O–H groups in total. The van der Waals surface area contributed by atoms with E-state index >= 15 is 0 Å². The molecule has 0 aromatic heterocycles. The predicted octanol–water partition coefficient (Wildman–Crippen LogP) is 4.19. The molecule has 0 bridgehead atoms. The SMILES string of the molecule is CCNCC(C)C(C)c1ccc(C(F)(F)F)c(F)c1. The van der Waals surface area contributed by atoms with Gasteiger partial charge in [0.1, 0.15) is 5.82 Å². The van der Waals surface area contributed by atoms with Crippen molar-refractivity contribution >= 4 is 0 Å². The summed E-state index contributed by atoms with van der Waals surface area (Å²) >= 11 is 0. The third-order valence-electron chi connectivity index (χ3n) is 3.39. The number of nitrogens with one attached hydrogen (secondary N) is 1. The fourth-order valence-electron chi connectivity index (χ4n) is 1.92. The number of hydrogen-bond acceptors (Lipinski definition) is 1. The van der Waals surface area contributed by atoms with E-state index in [1.165, 1.54) is 6.07 Å². The lowest BCUT2D eigenvalue weighted by atomic mass is 9.88. The van der Waals surface area contributed by atoms with Crippen LogP contribution >= 0.6 is 0 Å². The Morgan fingerprint density at radius 3 is 2.32 bits per heavy atom. The Bertz CT molecular complexity index is 414. The Labute approximate surface area is 111 Å². The van der Waals surface area contributed by atoms with Crippen LogP contribution in [0.25, 0.3) is 0 Å². The van der Waals surface area contributed by atoms with Gasteiger partial charge in [-0.05, 0) is 42.6 Å². The van der Waals surface area contributed by atoms with Crippen LogP contribution in [0.5, 0.6) is 0 Å². The fraction of sp³-hybridized carbons (Fsp3) is 0.571. The zero-order valence-electron chi connectivity index (χ0n) is 11.3. The molecule has 1 aromatic carbocycles. The van der Waals surface area contributed by atoms with Crippen LogP contribution in [0.4, 0.5) is 17.6 Å². The number of rotatable bonds is 5. The minimum atomic E-state index is -4.64. The first-order chi connectivity index (χ1) is 8.77. The van der Waals surface area contributed by atoms with Crippen LogP contribution in [-0.4, -0.2) is 13.1 Å². The van der Waals surface area contributed by atoms with Gasteiger partial charge in [0, 0.05) is 0 Å². The van der Waals surface area contributed by atoms with E-state index in [2.05, 4.69) is 5.32 Å². The van der Waals surface area contributed by atoms with Crippen molar-refractivity contribution in [2.75, 3.05) is 13.1 Å². The molecule has 2 unspecified atom stereocenters. The number of benzene rings is 1. The molecule has 0 amide bonds. The first kappa shape index (κ1) is 16.0. The third kappa shape index (κ3) is 4.20. The van der Waals surface area contributed by atoms with Crippen molar-refractivity contribution in [1.82, 2.24) is 5.32 Å². The molecule has 0 radical (unpaired) electrons. The standard InChI is InChI=1S/C14H19F4N/c1-4-19-8-9(2)10(3)11-5-6-12(13(15)7-11)14(16,17)18/h5-7,9-10,19H,4,8H2,1-3H3. The highest BCUT2D eigenvalue weighted by Crippen LogP contribution is 2.33. The maximum atomic E-state index is 13.5. The second-order valence-corrected chi connectivity index (χ2v) is 4.81. The summed E-state index contributed by atoms with van der Waals surface area (Å²) in [5.74, 6) is -0.987. The van der Waals surface area contributed by atoms with Gasteiger partial charge in [0.15, 0.2) is 0 Å². The highest BCUT2D eigenvalue weighted by molar-refractivity contribution is 5.28. The third-order valence-corrected chi connectivity index (χ3v) is 3.39. The molecule has 0 spiro atoms. The first-order valence-corrected chi connectivity index (χ1v) is 6.34. The normalized spacial score (nSPS) is 15.3. The van der Waals surface area contributed by atoms with Crippen LogP contribution in [-0.2, 0) is 6.18 Å². The minimum Gasteiger partial charge on any atom is -0.317 e. The van der Waals surface area contributed by atoms with Gasteiger partial charge < -0.3 is 5.32 Å². The number of halogens is 4. The van der Waals surface area contributed by atoms with Crippen LogP contribution in [0.1, 0.15) is 37.8 Å². The first-order valence-electron chi connectivity index (χ1n) is 6.34.